The highest BCUT2D eigenvalue weighted by atomic mass is 32.1. The second-order valence-corrected chi connectivity index (χ2v) is 8.65. The average molecular weight is 401 g/mol. The highest BCUT2D eigenvalue weighted by Gasteiger charge is 2.23. The number of carbonyl (C=O) groups is 1. The highest BCUT2D eigenvalue weighted by molar-refractivity contribution is 7.09. The number of anilines is 1. The number of aryl methyl sites for hydroxylation is 1. The number of nitrogens with zero attached hydrogens (tertiary/aromatic N) is 3. The molecule has 6 nitrogen and oxygen atoms in total. The third-order valence-electron chi connectivity index (χ3n) is 5.38. The van der Waals surface area contributed by atoms with E-state index in [1.165, 1.54) is 12.8 Å². The van der Waals surface area contributed by atoms with E-state index in [0.29, 0.717) is 12.6 Å². The van der Waals surface area contributed by atoms with Gasteiger partial charge in [0.2, 0.25) is 5.91 Å². The van der Waals surface area contributed by atoms with Gasteiger partial charge in [0, 0.05) is 56.0 Å². The Hall–Kier alpha value is -1.80. The van der Waals surface area contributed by atoms with Crippen LogP contribution >= 0.6 is 11.3 Å². The molecular weight excluding hydrogens is 372 g/mol. The molecule has 3 heterocycles. The molecule has 1 N–H and O–H groups in total. The van der Waals surface area contributed by atoms with E-state index in [1.807, 2.05) is 36.6 Å². The van der Waals surface area contributed by atoms with Crippen LogP contribution in [0.2, 0.25) is 0 Å². The van der Waals surface area contributed by atoms with Gasteiger partial charge in [0.25, 0.3) is 0 Å². The van der Waals surface area contributed by atoms with Gasteiger partial charge in [-0.1, -0.05) is 12.1 Å². The Labute approximate surface area is 170 Å². The number of rotatable bonds is 6. The van der Waals surface area contributed by atoms with Crippen molar-refractivity contribution in [3.8, 4) is 11.3 Å². The molecular formula is C21H28N4O2S. The summed E-state index contributed by atoms with van der Waals surface area (Å²) in [6.45, 7) is 8.25. The van der Waals surface area contributed by atoms with Crippen molar-refractivity contribution in [1.29, 1.82) is 0 Å². The summed E-state index contributed by atoms with van der Waals surface area (Å²) in [6, 6.07) is 7.91. The molecule has 2 fully saturated rings. The first-order valence-corrected chi connectivity index (χ1v) is 10.9. The van der Waals surface area contributed by atoms with E-state index in [4.69, 9.17) is 4.74 Å². The maximum absolute atomic E-state index is 12.5. The molecule has 1 aromatic heterocycles. The van der Waals surface area contributed by atoms with Crippen molar-refractivity contribution in [2.75, 3.05) is 51.2 Å². The van der Waals surface area contributed by atoms with Crippen molar-refractivity contribution in [2.45, 2.75) is 25.9 Å². The Kier molecular flexibility index (Phi) is 6.36. The van der Waals surface area contributed by atoms with Crippen LogP contribution in [0.5, 0.6) is 0 Å². The first-order chi connectivity index (χ1) is 13.7. The molecule has 1 atom stereocenters. The fraction of sp³-hybridized carbons (Fsp3) is 0.524. The molecule has 2 aliphatic heterocycles. The largest absolute Gasteiger partial charge is 0.377 e. The lowest BCUT2D eigenvalue weighted by atomic mass is 10.1. The molecule has 2 aromatic rings. The monoisotopic (exact) mass is 400 g/mol. The van der Waals surface area contributed by atoms with Gasteiger partial charge in [-0.25, -0.2) is 4.98 Å². The summed E-state index contributed by atoms with van der Waals surface area (Å²) in [5.74, 6) is 0.0409. The van der Waals surface area contributed by atoms with Crippen LogP contribution < -0.4 is 5.32 Å². The number of ether oxygens (including phenoxy) is 1. The van der Waals surface area contributed by atoms with E-state index in [0.717, 1.165) is 61.3 Å². The predicted octanol–water partition coefficient (Wildman–Crippen LogP) is 2.85. The highest BCUT2D eigenvalue weighted by Crippen LogP contribution is 2.24. The Morgan fingerprint density at radius 3 is 2.82 bits per heavy atom. The number of aromatic nitrogens is 1. The number of carbonyl (C=O) groups excluding carboxylic acids is 1. The van der Waals surface area contributed by atoms with Crippen molar-refractivity contribution >= 4 is 22.9 Å². The van der Waals surface area contributed by atoms with Crippen LogP contribution in [-0.4, -0.2) is 72.7 Å². The quantitative estimate of drug-likeness (QED) is 0.808. The van der Waals surface area contributed by atoms with Crippen molar-refractivity contribution < 1.29 is 9.53 Å². The molecule has 1 amide bonds. The zero-order chi connectivity index (χ0) is 19.3. The molecule has 0 radical (unpaired) electrons. The van der Waals surface area contributed by atoms with Gasteiger partial charge in [-0.05, 0) is 31.9 Å². The molecule has 1 aromatic carbocycles. The maximum Gasteiger partial charge on any atom is 0.238 e. The van der Waals surface area contributed by atoms with Crippen LogP contribution in [0.15, 0.2) is 29.6 Å². The van der Waals surface area contributed by atoms with E-state index in [2.05, 4.69) is 20.1 Å². The van der Waals surface area contributed by atoms with Crippen molar-refractivity contribution in [3.63, 3.8) is 0 Å². The number of hydrogen-bond acceptors (Lipinski definition) is 6. The number of amides is 1. The Morgan fingerprint density at radius 2 is 2.11 bits per heavy atom. The number of benzene rings is 1. The number of nitrogens with one attached hydrogen (secondary N) is 1. The fourth-order valence-corrected chi connectivity index (χ4v) is 4.48. The van der Waals surface area contributed by atoms with Gasteiger partial charge in [0.05, 0.1) is 23.4 Å². The molecule has 0 saturated carbocycles. The summed E-state index contributed by atoms with van der Waals surface area (Å²) in [5, 5.41) is 6.13. The van der Waals surface area contributed by atoms with Crippen molar-refractivity contribution in [1.82, 2.24) is 14.8 Å². The van der Waals surface area contributed by atoms with Crippen LogP contribution in [0.4, 0.5) is 5.69 Å². The summed E-state index contributed by atoms with van der Waals surface area (Å²) in [7, 11) is 0. The van der Waals surface area contributed by atoms with Crippen LogP contribution in [0.25, 0.3) is 11.3 Å². The van der Waals surface area contributed by atoms with Gasteiger partial charge >= 0.3 is 0 Å². The standard InChI is InChI=1S/C21H28N4O2S/c1-16-22-20(15-28-16)17-4-2-5-18(12-17)23-21(26)14-25-9-7-24(8-10-25)13-19-6-3-11-27-19/h2,4-5,12,15,19H,3,6-11,13-14H2,1H3,(H,23,26)/t19-/m0/s1. The Bertz CT molecular complexity index is 795. The molecule has 2 aliphatic rings. The van der Waals surface area contributed by atoms with Gasteiger partial charge in [-0.15, -0.1) is 11.3 Å². The van der Waals surface area contributed by atoms with Gasteiger partial charge in [0.15, 0.2) is 0 Å². The zero-order valence-corrected chi connectivity index (χ0v) is 17.2. The minimum Gasteiger partial charge on any atom is -0.377 e. The number of piperazine rings is 1. The summed E-state index contributed by atoms with van der Waals surface area (Å²) in [5.41, 5.74) is 2.82. The number of thiazole rings is 1. The summed E-state index contributed by atoms with van der Waals surface area (Å²) in [6.07, 6.45) is 2.78. The molecule has 0 aliphatic carbocycles. The topological polar surface area (TPSA) is 57.7 Å². The van der Waals surface area contributed by atoms with E-state index in [1.54, 1.807) is 11.3 Å². The lowest BCUT2D eigenvalue weighted by molar-refractivity contribution is -0.117. The second kappa shape index (κ2) is 9.13. The molecule has 2 saturated heterocycles. The summed E-state index contributed by atoms with van der Waals surface area (Å²) in [4.78, 5) is 21.7. The fourth-order valence-electron chi connectivity index (χ4n) is 3.86. The first kappa shape index (κ1) is 19.5. The SMILES string of the molecule is Cc1nc(-c2cccc(NC(=O)CN3CCN(C[C@@H]4CCCO4)CC3)c2)cs1. The Morgan fingerprint density at radius 1 is 1.29 bits per heavy atom. The normalized spacial score (nSPS) is 21.1. The average Bonchev–Trinajstić information content (AvgIpc) is 3.35. The summed E-state index contributed by atoms with van der Waals surface area (Å²) >= 11 is 1.64. The minimum absolute atomic E-state index is 0.0409. The molecule has 0 spiro atoms. The Balaban J connectivity index is 1.25. The van der Waals surface area contributed by atoms with Crippen molar-refractivity contribution in [3.05, 3.63) is 34.7 Å². The lowest BCUT2D eigenvalue weighted by Crippen LogP contribution is -2.50. The van der Waals surface area contributed by atoms with Gasteiger partial charge < -0.3 is 10.1 Å². The van der Waals surface area contributed by atoms with Crippen LogP contribution in [-0.2, 0) is 9.53 Å². The van der Waals surface area contributed by atoms with Crippen LogP contribution in [0, 0.1) is 6.92 Å². The van der Waals surface area contributed by atoms with Crippen LogP contribution in [0.1, 0.15) is 17.8 Å². The van der Waals surface area contributed by atoms with Gasteiger partial charge in [0.1, 0.15) is 0 Å². The molecule has 150 valence electrons. The minimum atomic E-state index is 0.0409. The molecule has 7 heteroatoms. The zero-order valence-electron chi connectivity index (χ0n) is 16.4. The van der Waals surface area contributed by atoms with E-state index >= 15 is 0 Å². The molecule has 0 bridgehead atoms. The van der Waals surface area contributed by atoms with E-state index in [9.17, 15) is 4.79 Å². The van der Waals surface area contributed by atoms with Crippen LogP contribution in [0.3, 0.4) is 0 Å². The predicted molar refractivity (Wildman–Crippen MR) is 113 cm³/mol. The third kappa shape index (κ3) is 5.17. The first-order valence-electron chi connectivity index (χ1n) is 10.0. The number of hydrogen-bond donors (Lipinski definition) is 1. The van der Waals surface area contributed by atoms with Gasteiger partial charge in [-0.2, -0.15) is 0 Å². The lowest BCUT2D eigenvalue weighted by Gasteiger charge is -2.35. The molecule has 0 unspecified atom stereocenters. The second-order valence-electron chi connectivity index (χ2n) is 7.59. The van der Waals surface area contributed by atoms with Crippen molar-refractivity contribution in [2.24, 2.45) is 0 Å². The maximum atomic E-state index is 12.5. The molecule has 4 rings (SSSR count). The smallest absolute Gasteiger partial charge is 0.238 e. The van der Waals surface area contributed by atoms with E-state index in [-0.39, 0.29) is 5.91 Å². The van der Waals surface area contributed by atoms with Gasteiger partial charge in [-0.3, -0.25) is 14.6 Å². The summed E-state index contributed by atoms with van der Waals surface area (Å²) < 4.78 is 5.73. The molecule has 28 heavy (non-hydrogen) atoms. The van der Waals surface area contributed by atoms with E-state index < -0.39 is 0 Å². The third-order valence-corrected chi connectivity index (χ3v) is 6.15.